The van der Waals surface area contributed by atoms with Gasteiger partial charge in [-0.25, -0.2) is 4.98 Å². The van der Waals surface area contributed by atoms with Crippen molar-refractivity contribution in [3.8, 4) is 0 Å². The van der Waals surface area contributed by atoms with Crippen molar-refractivity contribution in [2.75, 3.05) is 5.32 Å². The summed E-state index contributed by atoms with van der Waals surface area (Å²) >= 11 is 1.50. The van der Waals surface area contributed by atoms with Crippen LogP contribution in [0.2, 0.25) is 0 Å². The van der Waals surface area contributed by atoms with E-state index in [-0.39, 0.29) is 5.91 Å². The maximum atomic E-state index is 11.8. The van der Waals surface area contributed by atoms with Gasteiger partial charge in [0.25, 0.3) is 0 Å². The molecule has 0 saturated heterocycles. The Morgan fingerprint density at radius 3 is 2.65 bits per heavy atom. The van der Waals surface area contributed by atoms with Crippen LogP contribution in [0.5, 0.6) is 0 Å². The SMILES string of the molecule is CCc1nc(NC(=O)[C@@H](N)CC(C)C)sc1C. The summed E-state index contributed by atoms with van der Waals surface area (Å²) in [5.74, 6) is 0.273. The zero-order valence-electron chi connectivity index (χ0n) is 10.9. The molecule has 0 aliphatic rings. The maximum absolute atomic E-state index is 11.8. The molecule has 4 nitrogen and oxygen atoms in total. The lowest BCUT2D eigenvalue weighted by Gasteiger charge is -2.12. The topological polar surface area (TPSA) is 68.0 Å². The van der Waals surface area contributed by atoms with Crippen molar-refractivity contribution >= 4 is 22.4 Å². The van der Waals surface area contributed by atoms with Crippen LogP contribution in [0.3, 0.4) is 0 Å². The summed E-state index contributed by atoms with van der Waals surface area (Å²) in [5, 5.41) is 3.44. The van der Waals surface area contributed by atoms with Crippen molar-refractivity contribution in [3.05, 3.63) is 10.6 Å². The molecule has 1 heterocycles. The van der Waals surface area contributed by atoms with Gasteiger partial charge in [-0.05, 0) is 25.7 Å². The molecule has 0 aliphatic heterocycles. The van der Waals surface area contributed by atoms with Crippen molar-refractivity contribution in [2.45, 2.75) is 46.6 Å². The highest BCUT2D eigenvalue weighted by Gasteiger charge is 2.17. The van der Waals surface area contributed by atoms with Gasteiger partial charge < -0.3 is 11.1 Å². The van der Waals surface area contributed by atoms with Crippen molar-refractivity contribution in [2.24, 2.45) is 11.7 Å². The number of aromatic nitrogens is 1. The molecule has 1 aromatic heterocycles. The van der Waals surface area contributed by atoms with Crippen molar-refractivity contribution in [1.82, 2.24) is 4.98 Å². The molecule has 0 fully saturated rings. The van der Waals surface area contributed by atoms with Gasteiger partial charge in [-0.15, -0.1) is 11.3 Å². The lowest BCUT2D eigenvalue weighted by Crippen LogP contribution is -2.36. The first kappa shape index (κ1) is 14.1. The molecule has 3 N–H and O–H groups in total. The summed E-state index contributed by atoms with van der Waals surface area (Å²) in [6.45, 7) is 8.17. The molecule has 0 aromatic carbocycles. The van der Waals surface area contributed by atoms with E-state index in [4.69, 9.17) is 5.73 Å². The second kappa shape index (κ2) is 6.12. The van der Waals surface area contributed by atoms with Gasteiger partial charge >= 0.3 is 0 Å². The van der Waals surface area contributed by atoms with Crippen molar-refractivity contribution in [3.63, 3.8) is 0 Å². The van der Waals surface area contributed by atoms with E-state index in [0.717, 1.165) is 17.0 Å². The van der Waals surface area contributed by atoms with E-state index in [0.29, 0.717) is 17.5 Å². The average Bonchev–Trinajstić information content (AvgIpc) is 2.57. The largest absolute Gasteiger partial charge is 0.320 e. The number of carbonyl (C=O) groups excluding carboxylic acids is 1. The number of hydrogen-bond donors (Lipinski definition) is 2. The first-order valence-electron chi connectivity index (χ1n) is 5.96. The highest BCUT2D eigenvalue weighted by molar-refractivity contribution is 7.15. The smallest absolute Gasteiger partial charge is 0.243 e. The summed E-state index contributed by atoms with van der Waals surface area (Å²) in [7, 11) is 0. The molecule has 17 heavy (non-hydrogen) atoms. The van der Waals surface area contributed by atoms with E-state index < -0.39 is 6.04 Å². The second-order valence-corrected chi connectivity index (χ2v) is 5.80. The van der Waals surface area contributed by atoms with Gasteiger partial charge in [0.1, 0.15) is 0 Å². The van der Waals surface area contributed by atoms with E-state index >= 15 is 0 Å². The number of aryl methyl sites for hydroxylation is 2. The Hall–Kier alpha value is -0.940. The molecule has 1 rings (SSSR count). The number of nitrogens with zero attached hydrogens (tertiary/aromatic N) is 1. The number of rotatable bonds is 5. The molecular weight excluding hydrogens is 234 g/mol. The lowest BCUT2D eigenvalue weighted by molar-refractivity contribution is -0.117. The monoisotopic (exact) mass is 255 g/mol. The van der Waals surface area contributed by atoms with Crippen molar-refractivity contribution in [1.29, 1.82) is 0 Å². The van der Waals surface area contributed by atoms with Crippen LogP contribution in [0.4, 0.5) is 5.13 Å². The van der Waals surface area contributed by atoms with Crippen LogP contribution < -0.4 is 11.1 Å². The quantitative estimate of drug-likeness (QED) is 0.848. The molecule has 1 amide bonds. The molecular formula is C12H21N3OS. The van der Waals surface area contributed by atoms with Gasteiger partial charge in [0, 0.05) is 4.88 Å². The number of nitrogens with one attached hydrogen (secondary N) is 1. The molecule has 1 atom stereocenters. The maximum Gasteiger partial charge on any atom is 0.243 e. The fraction of sp³-hybridized carbons (Fsp3) is 0.667. The third kappa shape index (κ3) is 4.09. The first-order chi connectivity index (χ1) is 7.93. The molecule has 0 bridgehead atoms. The highest BCUT2D eigenvalue weighted by Crippen LogP contribution is 2.22. The van der Waals surface area contributed by atoms with Gasteiger partial charge in [-0.1, -0.05) is 20.8 Å². The molecule has 0 radical (unpaired) electrons. The number of carbonyl (C=O) groups is 1. The Bertz CT molecular complexity index is 387. The summed E-state index contributed by atoms with van der Waals surface area (Å²) in [5.41, 5.74) is 6.85. The average molecular weight is 255 g/mol. The van der Waals surface area contributed by atoms with E-state index in [1.807, 2.05) is 6.92 Å². The highest BCUT2D eigenvalue weighted by atomic mass is 32.1. The molecule has 5 heteroatoms. The lowest BCUT2D eigenvalue weighted by atomic mass is 10.0. The van der Waals surface area contributed by atoms with Gasteiger partial charge in [0.2, 0.25) is 5.91 Å². The van der Waals surface area contributed by atoms with E-state index in [9.17, 15) is 4.79 Å². The molecule has 0 aliphatic carbocycles. The van der Waals surface area contributed by atoms with Gasteiger partial charge in [-0.3, -0.25) is 4.79 Å². The Kier molecular flexibility index (Phi) is 5.08. The molecule has 96 valence electrons. The summed E-state index contributed by atoms with van der Waals surface area (Å²) < 4.78 is 0. The van der Waals surface area contributed by atoms with Crippen LogP contribution in [-0.2, 0) is 11.2 Å². The van der Waals surface area contributed by atoms with Gasteiger partial charge in [0.15, 0.2) is 5.13 Å². The number of thiazole rings is 1. The van der Waals surface area contributed by atoms with Crippen LogP contribution in [0.25, 0.3) is 0 Å². The third-order valence-corrected chi connectivity index (χ3v) is 3.45. The summed E-state index contributed by atoms with van der Waals surface area (Å²) in [4.78, 5) is 17.3. The summed E-state index contributed by atoms with van der Waals surface area (Å²) in [6, 6.07) is -0.454. The van der Waals surface area contributed by atoms with Gasteiger partial charge in [0.05, 0.1) is 11.7 Å². The minimum Gasteiger partial charge on any atom is -0.320 e. The predicted molar refractivity (Wildman–Crippen MR) is 72.3 cm³/mol. The minimum atomic E-state index is -0.454. The predicted octanol–water partition coefficient (Wildman–Crippen LogP) is 2.33. The molecule has 1 aromatic rings. The van der Waals surface area contributed by atoms with Crippen molar-refractivity contribution < 1.29 is 4.79 Å². The fourth-order valence-electron chi connectivity index (χ4n) is 1.62. The Balaban J connectivity index is 2.61. The number of hydrogen-bond acceptors (Lipinski definition) is 4. The van der Waals surface area contributed by atoms with Gasteiger partial charge in [-0.2, -0.15) is 0 Å². The normalized spacial score (nSPS) is 12.8. The zero-order chi connectivity index (χ0) is 13.0. The standard InChI is InChI=1S/C12H21N3OS/c1-5-10-8(4)17-12(14-10)15-11(16)9(13)6-7(2)3/h7,9H,5-6,13H2,1-4H3,(H,14,15,16)/t9-/m0/s1. The molecule has 0 unspecified atom stereocenters. The fourth-order valence-corrected chi connectivity index (χ4v) is 2.53. The number of nitrogens with two attached hydrogens (primary N) is 1. The number of amides is 1. The molecule has 0 spiro atoms. The van der Waals surface area contributed by atoms with Crippen LogP contribution in [0.1, 0.15) is 37.8 Å². The summed E-state index contributed by atoms with van der Waals surface area (Å²) in [6.07, 6.45) is 1.58. The van der Waals surface area contributed by atoms with Crippen LogP contribution in [-0.4, -0.2) is 16.9 Å². The Labute approximate surface area is 107 Å². The van der Waals surface area contributed by atoms with E-state index in [2.05, 4.69) is 31.1 Å². The first-order valence-corrected chi connectivity index (χ1v) is 6.78. The Morgan fingerprint density at radius 1 is 1.53 bits per heavy atom. The second-order valence-electron chi connectivity index (χ2n) is 4.60. The minimum absolute atomic E-state index is 0.143. The van der Waals surface area contributed by atoms with E-state index in [1.54, 1.807) is 0 Å². The third-order valence-electron chi connectivity index (χ3n) is 2.52. The van der Waals surface area contributed by atoms with Crippen LogP contribution in [0, 0.1) is 12.8 Å². The number of anilines is 1. The Morgan fingerprint density at radius 2 is 2.18 bits per heavy atom. The van der Waals surface area contributed by atoms with E-state index in [1.165, 1.54) is 11.3 Å². The zero-order valence-corrected chi connectivity index (χ0v) is 11.7. The molecule has 0 saturated carbocycles. The van der Waals surface area contributed by atoms with Crippen LogP contribution in [0.15, 0.2) is 0 Å². The van der Waals surface area contributed by atoms with Crippen LogP contribution >= 0.6 is 11.3 Å².